The number of carbonyl (C=O) groups excluding carboxylic acids is 1. The molecule has 0 aliphatic carbocycles. The summed E-state index contributed by atoms with van der Waals surface area (Å²) >= 11 is 0. The van der Waals surface area contributed by atoms with Crippen molar-refractivity contribution < 1.29 is 9.53 Å². The second-order valence-corrected chi connectivity index (χ2v) is 6.08. The van der Waals surface area contributed by atoms with Crippen molar-refractivity contribution in [3.05, 3.63) is 90.1 Å². The van der Waals surface area contributed by atoms with Crippen molar-refractivity contribution in [3.8, 4) is 11.6 Å². The van der Waals surface area contributed by atoms with Crippen molar-refractivity contribution in [3.63, 3.8) is 0 Å². The van der Waals surface area contributed by atoms with Crippen LogP contribution in [0.3, 0.4) is 0 Å². The monoisotopic (exact) mass is 355 g/mol. The van der Waals surface area contributed by atoms with Crippen LogP contribution in [-0.4, -0.2) is 16.1 Å². The Hall–Kier alpha value is -3.73. The molecule has 132 valence electrons. The first-order valence-corrected chi connectivity index (χ1v) is 8.57. The lowest BCUT2D eigenvalue weighted by atomic mass is 10.1. The maximum absolute atomic E-state index is 12.2. The predicted octanol–water partition coefficient (Wildman–Crippen LogP) is 4.98. The largest absolute Gasteiger partial charge is 0.437 e. The zero-order chi connectivity index (χ0) is 18.6. The fraction of sp³-hybridized carbons (Fsp3) is 0.0455. The molecule has 0 spiro atoms. The van der Waals surface area contributed by atoms with Crippen LogP contribution < -0.4 is 10.1 Å². The van der Waals surface area contributed by atoms with Gasteiger partial charge >= 0.3 is 0 Å². The number of carbonyl (C=O) groups is 1. The number of amides is 1. The number of ether oxygens (including phenoxy) is 1. The van der Waals surface area contributed by atoms with Gasteiger partial charge < -0.3 is 10.1 Å². The minimum absolute atomic E-state index is 0.153. The topological polar surface area (TPSA) is 64.1 Å². The molecule has 4 aromatic rings. The molecule has 0 saturated carbocycles. The summed E-state index contributed by atoms with van der Waals surface area (Å²) in [5.41, 5.74) is 2.16. The van der Waals surface area contributed by atoms with E-state index >= 15 is 0 Å². The Bertz CT molecular complexity index is 1090. The van der Waals surface area contributed by atoms with Gasteiger partial charge in [-0.1, -0.05) is 36.4 Å². The van der Waals surface area contributed by atoms with Crippen molar-refractivity contribution in [1.82, 2.24) is 10.2 Å². The smallest absolute Gasteiger partial charge is 0.255 e. The van der Waals surface area contributed by atoms with Crippen LogP contribution in [-0.2, 0) is 0 Å². The molecular weight excluding hydrogens is 338 g/mol. The van der Waals surface area contributed by atoms with Crippen molar-refractivity contribution in [2.75, 3.05) is 5.32 Å². The lowest BCUT2D eigenvalue weighted by Crippen LogP contribution is -2.11. The van der Waals surface area contributed by atoms with Gasteiger partial charge in [0.2, 0.25) is 5.88 Å². The van der Waals surface area contributed by atoms with E-state index in [1.165, 1.54) is 0 Å². The summed E-state index contributed by atoms with van der Waals surface area (Å²) < 4.78 is 5.90. The van der Waals surface area contributed by atoms with E-state index in [0.29, 0.717) is 22.9 Å². The van der Waals surface area contributed by atoms with Gasteiger partial charge in [-0.2, -0.15) is 5.10 Å². The Morgan fingerprint density at radius 1 is 0.815 bits per heavy atom. The van der Waals surface area contributed by atoms with E-state index in [2.05, 4.69) is 15.5 Å². The number of benzene rings is 3. The molecule has 0 radical (unpaired) electrons. The third-order valence-corrected chi connectivity index (χ3v) is 4.20. The lowest BCUT2D eigenvalue weighted by molar-refractivity contribution is 0.102. The lowest BCUT2D eigenvalue weighted by Gasteiger charge is -2.10. The van der Waals surface area contributed by atoms with Crippen molar-refractivity contribution >= 4 is 22.4 Å². The van der Waals surface area contributed by atoms with Crippen LogP contribution in [0.25, 0.3) is 10.8 Å². The fourth-order valence-corrected chi connectivity index (χ4v) is 2.80. The van der Waals surface area contributed by atoms with E-state index in [1.807, 2.05) is 49.4 Å². The Labute approximate surface area is 156 Å². The van der Waals surface area contributed by atoms with Crippen LogP contribution in [0.1, 0.15) is 16.1 Å². The SMILES string of the molecule is Cc1nnc(Oc2ccc(NC(=O)c3ccccc3)cc2)c2ccccc12. The van der Waals surface area contributed by atoms with Gasteiger partial charge in [0.1, 0.15) is 5.75 Å². The molecule has 27 heavy (non-hydrogen) atoms. The molecule has 0 saturated heterocycles. The van der Waals surface area contributed by atoms with E-state index in [9.17, 15) is 4.79 Å². The van der Waals surface area contributed by atoms with Crippen LogP contribution in [0.5, 0.6) is 11.6 Å². The van der Waals surface area contributed by atoms with Crippen LogP contribution >= 0.6 is 0 Å². The van der Waals surface area contributed by atoms with Crippen LogP contribution in [0, 0.1) is 6.92 Å². The first-order chi connectivity index (χ1) is 13.2. The molecule has 0 aliphatic rings. The van der Waals surface area contributed by atoms with Gasteiger partial charge in [-0.25, -0.2) is 0 Å². The molecule has 4 rings (SSSR count). The summed E-state index contributed by atoms with van der Waals surface area (Å²) in [4.78, 5) is 12.2. The normalized spacial score (nSPS) is 10.6. The number of fused-ring (bicyclic) bond motifs is 1. The molecule has 3 aromatic carbocycles. The third-order valence-electron chi connectivity index (χ3n) is 4.20. The minimum atomic E-state index is -0.153. The van der Waals surface area contributed by atoms with Crippen LogP contribution in [0.4, 0.5) is 5.69 Å². The second-order valence-electron chi connectivity index (χ2n) is 6.08. The van der Waals surface area contributed by atoms with E-state index < -0.39 is 0 Å². The molecule has 0 bridgehead atoms. The Morgan fingerprint density at radius 2 is 1.48 bits per heavy atom. The molecule has 1 N–H and O–H groups in total. The predicted molar refractivity (Wildman–Crippen MR) is 105 cm³/mol. The molecule has 1 aromatic heterocycles. The Morgan fingerprint density at radius 3 is 2.22 bits per heavy atom. The highest BCUT2D eigenvalue weighted by Gasteiger charge is 2.09. The van der Waals surface area contributed by atoms with Gasteiger partial charge in [-0.05, 0) is 49.4 Å². The zero-order valence-corrected chi connectivity index (χ0v) is 14.7. The second kappa shape index (κ2) is 7.25. The molecular formula is C22H17N3O2. The van der Waals surface area contributed by atoms with Crippen molar-refractivity contribution in [1.29, 1.82) is 0 Å². The highest BCUT2D eigenvalue weighted by molar-refractivity contribution is 6.04. The number of nitrogens with one attached hydrogen (secondary N) is 1. The third kappa shape index (κ3) is 3.62. The van der Waals surface area contributed by atoms with Gasteiger partial charge in [-0.15, -0.1) is 5.10 Å². The van der Waals surface area contributed by atoms with E-state index in [4.69, 9.17) is 4.74 Å². The number of aryl methyl sites for hydroxylation is 1. The van der Waals surface area contributed by atoms with E-state index in [0.717, 1.165) is 16.5 Å². The van der Waals surface area contributed by atoms with Crippen LogP contribution in [0.15, 0.2) is 78.9 Å². The number of anilines is 1. The summed E-state index contributed by atoms with van der Waals surface area (Å²) in [6, 6.07) is 24.1. The number of nitrogens with zero attached hydrogens (tertiary/aromatic N) is 2. The summed E-state index contributed by atoms with van der Waals surface area (Å²) in [5.74, 6) is 0.924. The Balaban J connectivity index is 1.52. The van der Waals surface area contributed by atoms with Gasteiger partial charge in [0.05, 0.1) is 5.69 Å². The van der Waals surface area contributed by atoms with Gasteiger partial charge in [0.15, 0.2) is 0 Å². The first kappa shape index (κ1) is 16.7. The highest BCUT2D eigenvalue weighted by atomic mass is 16.5. The van der Waals surface area contributed by atoms with Crippen molar-refractivity contribution in [2.45, 2.75) is 6.92 Å². The van der Waals surface area contributed by atoms with Gasteiger partial charge in [0, 0.05) is 22.0 Å². The maximum Gasteiger partial charge on any atom is 0.255 e. The molecule has 0 atom stereocenters. The van der Waals surface area contributed by atoms with E-state index in [-0.39, 0.29) is 5.91 Å². The number of hydrogen-bond acceptors (Lipinski definition) is 4. The van der Waals surface area contributed by atoms with Crippen molar-refractivity contribution in [2.24, 2.45) is 0 Å². The summed E-state index contributed by atoms with van der Waals surface area (Å²) in [5, 5.41) is 13.1. The summed E-state index contributed by atoms with van der Waals surface area (Å²) in [6.07, 6.45) is 0. The molecule has 1 heterocycles. The average molecular weight is 355 g/mol. The molecule has 0 unspecified atom stereocenters. The number of rotatable bonds is 4. The average Bonchev–Trinajstić information content (AvgIpc) is 2.72. The molecule has 5 heteroatoms. The zero-order valence-electron chi connectivity index (χ0n) is 14.7. The maximum atomic E-state index is 12.2. The van der Waals surface area contributed by atoms with Gasteiger partial charge in [0.25, 0.3) is 5.91 Å². The van der Waals surface area contributed by atoms with Gasteiger partial charge in [-0.3, -0.25) is 4.79 Å². The van der Waals surface area contributed by atoms with E-state index in [1.54, 1.807) is 36.4 Å². The standard InChI is InChI=1S/C22H17N3O2/c1-15-19-9-5-6-10-20(19)22(25-24-15)27-18-13-11-17(12-14-18)23-21(26)16-7-3-2-4-8-16/h2-14H,1H3,(H,23,26). The molecule has 5 nitrogen and oxygen atoms in total. The number of hydrogen-bond donors (Lipinski definition) is 1. The molecule has 1 amide bonds. The summed E-state index contributed by atoms with van der Waals surface area (Å²) in [7, 11) is 0. The first-order valence-electron chi connectivity index (χ1n) is 8.57. The summed E-state index contributed by atoms with van der Waals surface area (Å²) in [6.45, 7) is 1.92. The quantitative estimate of drug-likeness (QED) is 0.560. The highest BCUT2D eigenvalue weighted by Crippen LogP contribution is 2.29. The minimum Gasteiger partial charge on any atom is -0.437 e. The number of aromatic nitrogens is 2. The molecule has 0 aliphatic heterocycles. The Kier molecular flexibility index (Phi) is 4.49. The molecule has 0 fully saturated rings. The fourth-order valence-electron chi connectivity index (χ4n) is 2.80. The van der Waals surface area contributed by atoms with Crippen LogP contribution in [0.2, 0.25) is 0 Å².